The standard InChI is InChI=1S/C21H20FN3O4S/c1-29-20(28)14-6-9-16-17(11-14)24-21(30)25(19(16)27)10-2-3-18(26)23-12-13-4-7-15(22)8-5-13/h4-9,11H,2-3,10,12H2,1H3,(H,23,26)(H,24,30). The van der Waals surface area contributed by atoms with Gasteiger partial charge in [0.05, 0.1) is 23.6 Å². The fraction of sp³-hybridized carbons (Fsp3) is 0.238. The maximum absolute atomic E-state index is 12.9. The summed E-state index contributed by atoms with van der Waals surface area (Å²) in [4.78, 5) is 39.4. The van der Waals surface area contributed by atoms with E-state index in [0.29, 0.717) is 29.4 Å². The summed E-state index contributed by atoms with van der Waals surface area (Å²) >= 11 is 5.27. The highest BCUT2D eigenvalue weighted by atomic mass is 32.1. The molecule has 1 amide bonds. The lowest BCUT2D eigenvalue weighted by atomic mass is 10.1. The van der Waals surface area contributed by atoms with Crippen LogP contribution in [-0.4, -0.2) is 28.5 Å². The Morgan fingerprint density at radius 3 is 2.63 bits per heavy atom. The number of amides is 1. The molecule has 3 rings (SSSR count). The number of hydrogen-bond donors (Lipinski definition) is 2. The van der Waals surface area contributed by atoms with Crippen molar-refractivity contribution in [1.29, 1.82) is 0 Å². The Labute approximate surface area is 176 Å². The van der Waals surface area contributed by atoms with Crippen LogP contribution >= 0.6 is 12.2 Å². The normalized spacial score (nSPS) is 10.7. The highest BCUT2D eigenvalue weighted by molar-refractivity contribution is 7.71. The van der Waals surface area contributed by atoms with Gasteiger partial charge in [-0.2, -0.15) is 0 Å². The van der Waals surface area contributed by atoms with Crippen LogP contribution in [0, 0.1) is 10.6 Å². The third-order valence-corrected chi connectivity index (χ3v) is 4.91. The van der Waals surface area contributed by atoms with Crippen molar-refractivity contribution < 1.29 is 18.7 Å². The molecule has 3 aromatic rings. The van der Waals surface area contributed by atoms with Crippen LogP contribution < -0.4 is 10.9 Å². The van der Waals surface area contributed by atoms with Crippen molar-refractivity contribution in [3.8, 4) is 0 Å². The molecule has 0 unspecified atom stereocenters. The first-order valence-corrected chi connectivity index (χ1v) is 9.66. The third kappa shape index (κ3) is 4.98. The number of methoxy groups -OCH3 is 1. The number of ether oxygens (including phenoxy) is 1. The molecule has 0 atom stereocenters. The quantitative estimate of drug-likeness (QED) is 0.445. The highest BCUT2D eigenvalue weighted by Crippen LogP contribution is 2.12. The third-order valence-electron chi connectivity index (χ3n) is 4.59. The van der Waals surface area contributed by atoms with Gasteiger partial charge in [0.2, 0.25) is 5.91 Å². The van der Waals surface area contributed by atoms with Gasteiger partial charge in [-0.15, -0.1) is 0 Å². The van der Waals surface area contributed by atoms with Crippen LogP contribution in [0.1, 0.15) is 28.8 Å². The monoisotopic (exact) mass is 429 g/mol. The van der Waals surface area contributed by atoms with E-state index in [1.54, 1.807) is 18.2 Å². The minimum atomic E-state index is -0.507. The second kappa shape index (κ2) is 9.45. The van der Waals surface area contributed by atoms with Gasteiger partial charge in [-0.25, -0.2) is 9.18 Å². The van der Waals surface area contributed by atoms with Crippen LogP contribution in [0.15, 0.2) is 47.3 Å². The molecule has 0 spiro atoms. The van der Waals surface area contributed by atoms with E-state index in [1.165, 1.54) is 35.9 Å². The Hall–Kier alpha value is -3.33. The number of halogens is 1. The number of carbonyl (C=O) groups is 2. The summed E-state index contributed by atoms with van der Waals surface area (Å²) in [6.45, 7) is 0.574. The van der Waals surface area contributed by atoms with Gasteiger partial charge in [-0.05, 0) is 54.5 Å². The van der Waals surface area contributed by atoms with Crippen molar-refractivity contribution in [2.24, 2.45) is 0 Å². The molecule has 0 fully saturated rings. The Morgan fingerprint density at radius 1 is 1.20 bits per heavy atom. The SMILES string of the molecule is COC(=O)c1ccc2c(=O)n(CCCC(=O)NCc3ccc(F)cc3)c(=S)[nH]c2c1. The predicted molar refractivity (Wildman–Crippen MR) is 112 cm³/mol. The van der Waals surface area contributed by atoms with Gasteiger partial charge in [0.25, 0.3) is 5.56 Å². The van der Waals surface area contributed by atoms with Crippen LogP contribution in [-0.2, 0) is 22.6 Å². The molecule has 2 aromatic carbocycles. The van der Waals surface area contributed by atoms with Crippen molar-refractivity contribution in [2.45, 2.75) is 25.9 Å². The molecular weight excluding hydrogens is 409 g/mol. The van der Waals surface area contributed by atoms with E-state index in [9.17, 15) is 18.8 Å². The van der Waals surface area contributed by atoms with Gasteiger partial charge in [-0.1, -0.05) is 12.1 Å². The van der Waals surface area contributed by atoms with Gasteiger partial charge in [0.1, 0.15) is 5.82 Å². The first-order valence-electron chi connectivity index (χ1n) is 9.25. The molecule has 0 bridgehead atoms. The van der Waals surface area contributed by atoms with Crippen molar-refractivity contribution in [1.82, 2.24) is 14.9 Å². The van der Waals surface area contributed by atoms with Crippen molar-refractivity contribution in [3.05, 3.63) is 74.5 Å². The summed E-state index contributed by atoms with van der Waals surface area (Å²) < 4.78 is 19.2. The molecule has 0 saturated carbocycles. The lowest BCUT2D eigenvalue weighted by Gasteiger charge is -2.09. The fourth-order valence-electron chi connectivity index (χ4n) is 2.99. The molecule has 1 aromatic heterocycles. The van der Waals surface area contributed by atoms with E-state index < -0.39 is 5.97 Å². The molecule has 0 saturated heterocycles. The second-order valence-corrected chi connectivity index (χ2v) is 7.03. The molecule has 2 N–H and O–H groups in total. The number of nitrogens with one attached hydrogen (secondary N) is 2. The number of aromatic amines is 1. The van der Waals surface area contributed by atoms with Crippen molar-refractivity contribution in [2.75, 3.05) is 7.11 Å². The largest absolute Gasteiger partial charge is 0.465 e. The van der Waals surface area contributed by atoms with Gasteiger partial charge in [-0.3, -0.25) is 14.2 Å². The van der Waals surface area contributed by atoms with Crippen LogP contribution in [0.3, 0.4) is 0 Å². The number of H-pyrrole nitrogens is 1. The first-order chi connectivity index (χ1) is 14.4. The minimum Gasteiger partial charge on any atom is -0.465 e. The fourth-order valence-corrected chi connectivity index (χ4v) is 3.28. The number of fused-ring (bicyclic) bond motifs is 1. The van der Waals surface area contributed by atoms with E-state index in [2.05, 4.69) is 15.0 Å². The topological polar surface area (TPSA) is 93.2 Å². The van der Waals surface area contributed by atoms with Crippen LogP contribution in [0.25, 0.3) is 10.9 Å². The summed E-state index contributed by atoms with van der Waals surface area (Å²) in [6.07, 6.45) is 0.625. The molecule has 7 nitrogen and oxygen atoms in total. The summed E-state index contributed by atoms with van der Waals surface area (Å²) in [5.41, 5.74) is 1.26. The van der Waals surface area contributed by atoms with E-state index >= 15 is 0 Å². The maximum Gasteiger partial charge on any atom is 0.337 e. The van der Waals surface area contributed by atoms with Crippen LogP contribution in [0.2, 0.25) is 0 Å². The molecule has 0 radical (unpaired) electrons. The smallest absolute Gasteiger partial charge is 0.337 e. The number of benzene rings is 2. The number of aromatic nitrogens is 2. The highest BCUT2D eigenvalue weighted by Gasteiger charge is 2.11. The van der Waals surface area contributed by atoms with Gasteiger partial charge < -0.3 is 15.0 Å². The van der Waals surface area contributed by atoms with Gasteiger partial charge in [0.15, 0.2) is 4.77 Å². The van der Waals surface area contributed by atoms with Crippen molar-refractivity contribution in [3.63, 3.8) is 0 Å². The van der Waals surface area contributed by atoms with Crippen molar-refractivity contribution >= 4 is 35.0 Å². The molecule has 0 aliphatic rings. The van der Waals surface area contributed by atoms with Gasteiger partial charge in [0, 0.05) is 19.5 Å². The molecule has 0 aliphatic carbocycles. The van der Waals surface area contributed by atoms with E-state index in [0.717, 1.165) is 5.56 Å². The summed E-state index contributed by atoms with van der Waals surface area (Å²) in [5, 5.41) is 3.15. The zero-order valence-corrected chi connectivity index (χ0v) is 17.1. The average molecular weight is 429 g/mol. The molecule has 0 aliphatic heterocycles. The zero-order chi connectivity index (χ0) is 21.7. The molecule has 30 heavy (non-hydrogen) atoms. The van der Waals surface area contributed by atoms with E-state index in [-0.39, 0.29) is 35.0 Å². The molecule has 9 heteroatoms. The number of hydrogen-bond acceptors (Lipinski definition) is 5. The second-order valence-electron chi connectivity index (χ2n) is 6.65. The predicted octanol–water partition coefficient (Wildman–Crippen LogP) is 3.08. The Bertz CT molecular complexity index is 1200. The zero-order valence-electron chi connectivity index (χ0n) is 16.2. The molecule has 1 heterocycles. The number of carbonyl (C=O) groups excluding carboxylic acids is 2. The van der Waals surface area contributed by atoms with Gasteiger partial charge >= 0.3 is 5.97 Å². The Kier molecular flexibility index (Phi) is 6.73. The Morgan fingerprint density at radius 2 is 1.93 bits per heavy atom. The minimum absolute atomic E-state index is 0.175. The summed E-state index contributed by atoms with van der Waals surface area (Å²) in [5.74, 6) is -1.01. The number of rotatable bonds is 7. The molecular formula is C21H20FN3O4S. The lowest BCUT2D eigenvalue weighted by molar-refractivity contribution is -0.121. The summed E-state index contributed by atoms with van der Waals surface area (Å²) in [7, 11) is 1.28. The number of nitrogens with zero attached hydrogens (tertiary/aromatic N) is 1. The lowest BCUT2D eigenvalue weighted by Crippen LogP contribution is -2.25. The Balaban J connectivity index is 1.63. The van der Waals surface area contributed by atoms with Crippen LogP contribution in [0.4, 0.5) is 4.39 Å². The van der Waals surface area contributed by atoms with E-state index in [4.69, 9.17) is 12.2 Å². The first kappa shape index (κ1) is 21.4. The van der Waals surface area contributed by atoms with Crippen LogP contribution in [0.5, 0.6) is 0 Å². The average Bonchev–Trinajstić information content (AvgIpc) is 2.74. The van der Waals surface area contributed by atoms with E-state index in [1.807, 2.05) is 0 Å². The maximum atomic E-state index is 12.9. The molecule has 156 valence electrons. The number of esters is 1. The summed E-state index contributed by atoms with van der Waals surface area (Å²) in [6, 6.07) is 10.5.